The second-order valence-electron chi connectivity index (χ2n) is 13.9. The fourth-order valence-electron chi connectivity index (χ4n) is 7.10. The van der Waals surface area contributed by atoms with Crippen LogP contribution in [0.1, 0.15) is 43.2 Å². The number of quaternary nitrogens is 1. The Kier molecular flexibility index (Phi) is 10.5. The molecule has 0 saturated carbocycles. The predicted octanol–water partition coefficient (Wildman–Crippen LogP) is 3.69. The fraction of sp³-hybridized carbons (Fsp3) is 0.571. The molecule has 5 rings (SSSR count). The number of urea groups is 1. The highest BCUT2D eigenvalue weighted by atomic mass is 16.7. The number of hydrogen-bond donors (Lipinski definition) is 1. The summed E-state index contributed by atoms with van der Waals surface area (Å²) in [6, 6.07) is 11.3. The van der Waals surface area contributed by atoms with Gasteiger partial charge in [-0.1, -0.05) is 25.5 Å². The van der Waals surface area contributed by atoms with Crippen LogP contribution in [-0.2, 0) is 16.1 Å². The zero-order valence-corrected chi connectivity index (χ0v) is 28.6. The van der Waals surface area contributed by atoms with Crippen LogP contribution in [0.5, 0.6) is 17.2 Å². The van der Waals surface area contributed by atoms with E-state index in [9.17, 15) is 19.5 Å². The number of anilines is 1. The van der Waals surface area contributed by atoms with Crippen LogP contribution < -0.4 is 19.1 Å². The van der Waals surface area contributed by atoms with E-state index in [2.05, 4.69) is 40.2 Å². The molecule has 256 valence electrons. The van der Waals surface area contributed by atoms with E-state index in [4.69, 9.17) is 14.2 Å². The van der Waals surface area contributed by atoms with E-state index in [-0.39, 0.29) is 25.3 Å². The van der Waals surface area contributed by atoms with E-state index < -0.39 is 23.8 Å². The number of methoxy groups -OCH3 is 1. The SMILES string of the molecule is CCCCN(C(=O)CN1CC(c2cc(OC)c3c(c2)OCO3)C(C(=O)O)C1CCN1CCN(C)C1=O)c1cccc(C[N+](C)(C)C)c1. The molecule has 0 aromatic heterocycles. The molecule has 0 bridgehead atoms. The summed E-state index contributed by atoms with van der Waals surface area (Å²) in [6.07, 6.45) is 2.20. The van der Waals surface area contributed by atoms with Gasteiger partial charge >= 0.3 is 12.0 Å². The summed E-state index contributed by atoms with van der Waals surface area (Å²) in [5, 5.41) is 10.7. The minimum atomic E-state index is -0.938. The molecule has 12 heteroatoms. The van der Waals surface area contributed by atoms with Crippen molar-refractivity contribution in [1.82, 2.24) is 14.7 Å². The van der Waals surface area contributed by atoms with Crippen LogP contribution >= 0.6 is 0 Å². The molecule has 3 amide bonds. The molecule has 12 nitrogen and oxygen atoms in total. The number of unbranched alkanes of at least 4 members (excludes halogenated alkanes) is 1. The highest BCUT2D eigenvalue weighted by Gasteiger charge is 2.48. The van der Waals surface area contributed by atoms with Gasteiger partial charge in [0.1, 0.15) is 6.54 Å². The van der Waals surface area contributed by atoms with Gasteiger partial charge in [-0.3, -0.25) is 14.5 Å². The second kappa shape index (κ2) is 14.4. The molecule has 47 heavy (non-hydrogen) atoms. The van der Waals surface area contributed by atoms with E-state index >= 15 is 0 Å². The van der Waals surface area contributed by atoms with Crippen molar-refractivity contribution in [1.29, 1.82) is 0 Å². The van der Waals surface area contributed by atoms with Crippen LogP contribution in [0, 0.1) is 5.92 Å². The molecule has 2 aromatic rings. The summed E-state index contributed by atoms with van der Waals surface area (Å²) in [5.74, 6) is -0.776. The number of carbonyl (C=O) groups excluding carboxylic acids is 2. The Balaban J connectivity index is 1.46. The van der Waals surface area contributed by atoms with Gasteiger partial charge in [-0.15, -0.1) is 0 Å². The quantitative estimate of drug-likeness (QED) is 0.308. The molecule has 2 fully saturated rings. The van der Waals surface area contributed by atoms with Gasteiger partial charge < -0.3 is 38.5 Å². The topological polar surface area (TPSA) is 112 Å². The standard InChI is InChI=1S/C35H49N5O7/c1-7-8-13-39(26-11-9-10-24(17-26)22-40(3,4)5)31(41)21-38-20-27(25-18-29(45-6)33-30(19-25)46-23-47-33)32(34(42)43)28(38)12-14-37-16-15-36(2)35(37)44/h9-11,17-19,27-28,32H,7-8,12-16,20-23H2,1-6H3/p+1. The number of carboxylic acids is 1. The maximum atomic E-state index is 14.3. The summed E-state index contributed by atoms with van der Waals surface area (Å²) in [4.78, 5) is 47.4. The average Bonchev–Trinajstić information content (AvgIpc) is 3.72. The molecule has 2 saturated heterocycles. The molecule has 0 spiro atoms. The Labute approximate surface area is 277 Å². The number of ether oxygens (including phenoxy) is 3. The van der Waals surface area contributed by atoms with Crippen LogP contribution in [0.3, 0.4) is 0 Å². The Morgan fingerprint density at radius 3 is 2.57 bits per heavy atom. The molecule has 0 aliphatic carbocycles. The van der Waals surface area contributed by atoms with Crippen LogP contribution in [0.15, 0.2) is 36.4 Å². The first kappa shape index (κ1) is 34.3. The molecule has 3 aliphatic rings. The number of carboxylic acid groups (broad SMARTS) is 1. The summed E-state index contributed by atoms with van der Waals surface area (Å²) in [7, 11) is 9.73. The van der Waals surface area contributed by atoms with Crippen LogP contribution in [0.2, 0.25) is 0 Å². The number of rotatable bonds is 14. The summed E-state index contributed by atoms with van der Waals surface area (Å²) in [5.41, 5.74) is 2.75. The van der Waals surface area contributed by atoms with Crippen LogP contribution in [0.25, 0.3) is 0 Å². The highest BCUT2D eigenvalue weighted by molar-refractivity contribution is 5.95. The van der Waals surface area contributed by atoms with E-state index in [1.165, 1.54) is 0 Å². The highest BCUT2D eigenvalue weighted by Crippen LogP contribution is 2.47. The number of aliphatic carboxylic acids is 1. The van der Waals surface area contributed by atoms with E-state index in [0.29, 0.717) is 56.4 Å². The fourth-order valence-corrected chi connectivity index (χ4v) is 7.10. The van der Waals surface area contributed by atoms with Crippen LogP contribution in [0.4, 0.5) is 10.5 Å². The van der Waals surface area contributed by atoms with Gasteiger partial charge in [-0.2, -0.15) is 0 Å². The minimum Gasteiger partial charge on any atom is -0.493 e. The molecule has 0 radical (unpaired) electrons. The number of fused-ring (bicyclic) bond motifs is 1. The number of likely N-dealkylation sites (N-methyl/N-ethyl adjacent to an activating group) is 1. The number of likely N-dealkylation sites (tertiary alicyclic amines) is 1. The first-order valence-corrected chi connectivity index (χ1v) is 16.5. The van der Waals surface area contributed by atoms with E-state index in [0.717, 1.165) is 40.7 Å². The lowest BCUT2D eigenvalue weighted by Gasteiger charge is -2.31. The number of nitrogens with zero attached hydrogens (tertiary/aromatic N) is 5. The molecule has 3 heterocycles. The third kappa shape index (κ3) is 7.76. The molecule has 3 aliphatic heterocycles. The number of hydrogen-bond acceptors (Lipinski definition) is 7. The van der Waals surface area contributed by atoms with Crippen molar-refractivity contribution in [2.45, 2.75) is 44.7 Å². The van der Waals surface area contributed by atoms with Gasteiger partial charge in [0.2, 0.25) is 18.4 Å². The Morgan fingerprint density at radius 1 is 1.13 bits per heavy atom. The zero-order chi connectivity index (χ0) is 33.9. The number of amides is 3. The lowest BCUT2D eigenvalue weighted by molar-refractivity contribution is -0.884. The molecule has 2 aromatic carbocycles. The molecular formula is C35H50N5O7+. The smallest absolute Gasteiger partial charge is 0.319 e. The van der Waals surface area contributed by atoms with Gasteiger partial charge in [-0.25, -0.2) is 4.79 Å². The second-order valence-corrected chi connectivity index (χ2v) is 13.9. The Morgan fingerprint density at radius 2 is 1.91 bits per heavy atom. The lowest BCUT2D eigenvalue weighted by atomic mass is 9.84. The predicted molar refractivity (Wildman–Crippen MR) is 178 cm³/mol. The van der Waals surface area contributed by atoms with E-state index in [1.807, 2.05) is 34.1 Å². The average molecular weight is 653 g/mol. The van der Waals surface area contributed by atoms with Crippen molar-refractivity contribution >= 4 is 23.6 Å². The molecule has 3 atom stereocenters. The summed E-state index contributed by atoms with van der Waals surface area (Å²) >= 11 is 0. The van der Waals surface area contributed by atoms with Crippen molar-refractivity contribution in [2.75, 3.05) is 86.3 Å². The maximum absolute atomic E-state index is 14.3. The van der Waals surface area contributed by atoms with Crippen molar-refractivity contribution in [3.8, 4) is 17.2 Å². The summed E-state index contributed by atoms with van der Waals surface area (Å²) in [6.45, 7) is 5.61. The third-order valence-electron chi connectivity index (χ3n) is 9.39. The first-order chi connectivity index (χ1) is 22.4. The van der Waals surface area contributed by atoms with Crippen molar-refractivity contribution in [3.63, 3.8) is 0 Å². The first-order valence-electron chi connectivity index (χ1n) is 16.5. The van der Waals surface area contributed by atoms with Crippen molar-refractivity contribution in [3.05, 3.63) is 47.5 Å². The van der Waals surface area contributed by atoms with Gasteiger partial charge in [0.15, 0.2) is 11.5 Å². The van der Waals surface area contributed by atoms with Crippen molar-refractivity contribution in [2.24, 2.45) is 5.92 Å². The van der Waals surface area contributed by atoms with Gasteiger partial charge in [0, 0.05) is 63.0 Å². The lowest BCUT2D eigenvalue weighted by Crippen LogP contribution is -2.46. The normalized spacial score (nSPS) is 21.1. The Bertz CT molecular complexity index is 1460. The zero-order valence-electron chi connectivity index (χ0n) is 28.6. The molecule has 3 unspecified atom stereocenters. The number of benzene rings is 2. The maximum Gasteiger partial charge on any atom is 0.319 e. The van der Waals surface area contributed by atoms with Gasteiger partial charge in [0.05, 0.1) is 40.7 Å². The largest absolute Gasteiger partial charge is 0.493 e. The minimum absolute atomic E-state index is 0.0593. The van der Waals surface area contributed by atoms with Crippen molar-refractivity contribution < 1.29 is 38.2 Å². The van der Waals surface area contributed by atoms with Crippen LogP contribution in [-0.4, -0.2) is 130 Å². The number of carbonyl (C=O) groups is 3. The third-order valence-corrected chi connectivity index (χ3v) is 9.39. The van der Waals surface area contributed by atoms with Gasteiger partial charge in [-0.05, 0) is 42.7 Å². The molecule has 1 N–H and O–H groups in total. The van der Waals surface area contributed by atoms with E-state index in [1.54, 1.807) is 24.0 Å². The molecular weight excluding hydrogens is 602 g/mol. The van der Waals surface area contributed by atoms with Gasteiger partial charge in [0.25, 0.3) is 0 Å². The summed E-state index contributed by atoms with van der Waals surface area (Å²) < 4.78 is 17.6. The Hall–Kier alpha value is -4.03. The monoisotopic (exact) mass is 652 g/mol.